The van der Waals surface area contributed by atoms with E-state index in [9.17, 15) is 4.79 Å². The monoisotopic (exact) mass is 197 g/mol. The Labute approximate surface area is 88.6 Å². The molecule has 0 rings (SSSR count). The molecule has 82 valence electrons. The molecule has 0 aliphatic carbocycles. The van der Waals surface area contributed by atoms with Crippen LogP contribution in [0.5, 0.6) is 0 Å². The van der Waals surface area contributed by atoms with Crippen molar-refractivity contribution >= 4 is 6.41 Å². The lowest BCUT2D eigenvalue weighted by Crippen LogP contribution is -2.08. The van der Waals surface area contributed by atoms with Gasteiger partial charge in [-0.2, -0.15) is 0 Å². The quantitative estimate of drug-likeness (QED) is 0.343. The van der Waals surface area contributed by atoms with E-state index in [1.165, 1.54) is 25.7 Å². The van der Waals surface area contributed by atoms with Crippen LogP contribution in [0.2, 0.25) is 0 Å². The maximum Gasteiger partial charge on any atom is 0.207 e. The van der Waals surface area contributed by atoms with Crippen molar-refractivity contribution in [2.24, 2.45) is 0 Å². The van der Waals surface area contributed by atoms with Crippen molar-refractivity contribution in [3.05, 3.63) is 24.3 Å². The standard InChI is InChI=1S/C12H21NO.H2/c1-2-3-4-5-6-7-8-9-10-11-13-12-14;/h7-10,12H,2-6,11H2,1H3,(H,13,14);1H/b8-7+,10-9+;. The lowest BCUT2D eigenvalue weighted by molar-refractivity contribution is -0.109. The van der Waals surface area contributed by atoms with E-state index in [0.717, 1.165) is 6.42 Å². The molecule has 0 heterocycles. The van der Waals surface area contributed by atoms with Gasteiger partial charge in [0.15, 0.2) is 0 Å². The average molecular weight is 197 g/mol. The highest BCUT2D eigenvalue weighted by Gasteiger charge is 1.82. The number of rotatable bonds is 9. The van der Waals surface area contributed by atoms with Crippen LogP contribution >= 0.6 is 0 Å². The number of allylic oxidation sites excluding steroid dienone is 3. The minimum Gasteiger partial charge on any atom is -0.355 e. The molecule has 0 spiro atoms. The first-order chi connectivity index (χ1) is 6.91. The van der Waals surface area contributed by atoms with Gasteiger partial charge in [0.1, 0.15) is 0 Å². The van der Waals surface area contributed by atoms with Crippen LogP contribution in [-0.2, 0) is 4.79 Å². The van der Waals surface area contributed by atoms with Crippen molar-refractivity contribution in [3.63, 3.8) is 0 Å². The van der Waals surface area contributed by atoms with Crippen LogP contribution in [0.25, 0.3) is 0 Å². The summed E-state index contributed by atoms with van der Waals surface area (Å²) in [7, 11) is 0. The van der Waals surface area contributed by atoms with E-state index < -0.39 is 0 Å². The first kappa shape index (κ1) is 12.9. The maximum absolute atomic E-state index is 9.88. The van der Waals surface area contributed by atoms with Gasteiger partial charge in [-0.05, 0) is 12.8 Å². The molecular weight excluding hydrogens is 174 g/mol. The highest BCUT2D eigenvalue weighted by atomic mass is 16.1. The summed E-state index contributed by atoms with van der Waals surface area (Å²) >= 11 is 0. The van der Waals surface area contributed by atoms with Crippen molar-refractivity contribution in [2.75, 3.05) is 6.54 Å². The summed E-state index contributed by atoms with van der Waals surface area (Å²) in [4.78, 5) is 9.88. The number of carbonyl (C=O) groups is 1. The lowest BCUT2D eigenvalue weighted by atomic mass is 10.1. The highest BCUT2D eigenvalue weighted by Crippen LogP contribution is 2.02. The third-order valence-corrected chi connectivity index (χ3v) is 1.93. The van der Waals surface area contributed by atoms with Crippen LogP contribution in [0.4, 0.5) is 0 Å². The van der Waals surface area contributed by atoms with Crippen molar-refractivity contribution in [1.29, 1.82) is 0 Å². The van der Waals surface area contributed by atoms with Gasteiger partial charge in [-0.1, -0.05) is 50.5 Å². The second kappa shape index (κ2) is 11.9. The molecule has 2 nitrogen and oxygen atoms in total. The fraction of sp³-hybridized carbons (Fsp3) is 0.583. The summed E-state index contributed by atoms with van der Waals surface area (Å²) < 4.78 is 0. The number of unbranched alkanes of at least 4 members (excludes halogenated alkanes) is 4. The average Bonchev–Trinajstić information content (AvgIpc) is 2.21. The molecule has 0 aromatic carbocycles. The van der Waals surface area contributed by atoms with Crippen molar-refractivity contribution in [3.8, 4) is 0 Å². The minimum atomic E-state index is 0. The summed E-state index contributed by atoms with van der Waals surface area (Å²) in [6.07, 6.45) is 15.2. The van der Waals surface area contributed by atoms with E-state index in [4.69, 9.17) is 0 Å². The van der Waals surface area contributed by atoms with Crippen LogP contribution < -0.4 is 5.32 Å². The smallest absolute Gasteiger partial charge is 0.207 e. The van der Waals surface area contributed by atoms with E-state index in [0.29, 0.717) is 13.0 Å². The Morgan fingerprint density at radius 1 is 1.14 bits per heavy atom. The van der Waals surface area contributed by atoms with Crippen LogP contribution in [0.3, 0.4) is 0 Å². The Balaban J connectivity index is 0. The number of amides is 1. The van der Waals surface area contributed by atoms with Gasteiger partial charge >= 0.3 is 0 Å². The second-order valence-electron chi connectivity index (χ2n) is 3.23. The first-order valence-electron chi connectivity index (χ1n) is 5.40. The molecule has 0 aromatic rings. The fourth-order valence-electron chi connectivity index (χ4n) is 1.13. The Morgan fingerprint density at radius 2 is 1.93 bits per heavy atom. The van der Waals surface area contributed by atoms with Gasteiger partial charge in [-0.25, -0.2) is 0 Å². The van der Waals surface area contributed by atoms with Crippen molar-refractivity contribution in [1.82, 2.24) is 5.32 Å². The van der Waals surface area contributed by atoms with Gasteiger partial charge in [0.2, 0.25) is 6.41 Å². The first-order valence-corrected chi connectivity index (χ1v) is 5.40. The van der Waals surface area contributed by atoms with Crippen LogP contribution in [-0.4, -0.2) is 13.0 Å². The SMILES string of the molecule is CCCCCC/C=C/C=C/CNC=O.[HH]. The molecular formula is C12H23NO. The maximum atomic E-state index is 9.88. The van der Waals surface area contributed by atoms with E-state index in [2.05, 4.69) is 18.3 Å². The zero-order valence-electron chi connectivity index (χ0n) is 9.04. The molecule has 0 atom stereocenters. The molecule has 2 heteroatoms. The summed E-state index contributed by atoms with van der Waals surface area (Å²) in [6.45, 7) is 2.84. The number of hydrogen-bond donors (Lipinski definition) is 1. The lowest BCUT2D eigenvalue weighted by Gasteiger charge is -1.93. The highest BCUT2D eigenvalue weighted by molar-refractivity contribution is 5.46. The van der Waals surface area contributed by atoms with E-state index >= 15 is 0 Å². The minimum absolute atomic E-state index is 0. The van der Waals surface area contributed by atoms with Gasteiger partial charge in [-0.3, -0.25) is 4.79 Å². The summed E-state index contributed by atoms with van der Waals surface area (Å²) in [5, 5.41) is 2.57. The van der Waals surface area contributed by atoms with Crippen LogP contribution in [0.15, 0.2) is 24.3 Å². The third kappa shape index (κ3) is 11.0. The molecule has 1 N–H and O–H groups in total. The second-order valence-corrected chi connectivity index (χ2v) is 3.23. The van der Waals surface area contributed by atoms with E-state index in [1.807, 2.05) is 18.2 Å². The molecule has 0 radical (unpaired) electrons. The summed E-state index contributed by atoms with van der Waals surface area (Å²) in [5.74, 6) is 0. The molecule has 0 saturated carbocycles. The normalized spacial score (nSPS) is 11.2. The largest absolute Gasteiger partial charge is 0.355 e. The summed E-state index contributed by atoms with van der Waals surface area (Å²) in [6, 6.07) is 0. The van der Waals surface area contributed by atoms with E-state index in [-0.39, 0.29) is 1.43 Å². The number of carbonyl (C=O) groups excluding carboxylic acids is 1. The third-order valence-electron chi connectivity index (χ3n) is 1.93. The van der Waals surface area contributed by atoms with Gasteiger partial charge < -0.3 is 5.32 Å². The molecule has 0 unspecified atom stereocenters. The zero-order chi connectivity index (χ0) is 10.5. The molecule has 1 amide bonds. The topological polar surface area (TPSA) is 29.1 Å². The van der Waals surface area contributed by atoms with E-state index in [1.54, 1.807) is 0 Å². The zero-order valence-corrected chi connectivity index (χ0v) is 9.04. The molecule has 0 aromatic heterocycles. The Kier molecular flexibility index (Phi) is 11.1. The fourth-order valence-corrected chi connectivity index (χ4v) is 1.13. The van der Waals surface area contributed by atoms with Gasteiger partial charge in [0.05, 0.1) is 0 Å². The van der Waals surface area contributed by atoms with Gasteiger partial charge in [-0.15, -0.1) is 0 Å². The molecule has 0 aliphatic heterocycles. The van der Waals surface area contributed by atoms with Gasteiger partial charge in [0, 0.05) is 7.97 Å². The van der Waals surface area contributed by atoms with Crippen molar-refractivity contribution < 1.29 is 6.22 Å². The predicted molar refractivity (Wildman–Crippen MR) is 63.2 cm³/mol. The Morgan fingerprint density at radius 3 is 2.64 bits per heavy atom. The number of nitrogens with one attached hydrogen (secondary N) is 1. The number of hydrogen-bond acceptors (Lipinski definition) is 1. The summed E-state index contributed by atoms with van der Waals surface area (Å²) in [5.41, 5.74) is 0. The molecule has 0 aliphatic rings. The Bertz CT molecular complexity index is 178. The molecule has 0 saturated heterocycles. The molecule has 14 heavy (non-hydrogen) atoms. The van der Waals surface area contributed by atoms with Crippen molar-refractivity contribution in [2.45, 2.75) is 39.0 Å². The van der Waals surface area contributed by atoms with Crippen LogP contribution in [0.1, 0.15) is 40.5 Å². The molecule has 0 bridgehead atoms. The Hall–Kier alpha value is -1.05. The predicted octanol–water partition coefficient (Wildman–Crippen LogP) is 3.06. The van der Waals surface area contributed by atoms with Crippen LogP contribution in [0, 0.1) is 0 Å². The molecule has 0 fully saturated rings. The van der Waals surface area contributed by atoms with Gasteiger partial charge in [0.25, 0.3) is 0 Å².